The lowest BCUT2D eigenvalue weighted by Gasteiger charge is -2.24. The largest absolute Gasteiger partial charge is 0.384 e. The Bertz CT molecular complexity index is 530. The zero-order chi connectivity index (χ0) is 13.6. The molecule has 2 nitrogen and oxygen atoms in total. The number of anilines is 1. The zero-order valence-corrected chi connectivity index (χ0v) is 11.8. The van der Waals surface area contributed by atoms with Gasteiger partial charge in [-0.1, -0.05) is 48.5 Å². The Hall–Kier alpha value is -1.80. The van der Waals surface area contributed by atoms with E-state index in [9.17, 15) is 0 Å². The van der Waals surface area contributed by atoms with E-state index in [0.29, 0.717) is 0 Å². The first kappa shape index (κ1) is 13.2. The quantitative estimate of drug-likeness (QED) is 0.880. The number of hydrogen-bond donors (Lipinski definition) is 2. The minimum atomic E-state index is 0.792. The summed E-state index contributed by atoms with van der Waals surface area (Å²) in [5, 5.41) is 7.08. The Morgan fingerprint density at radius 2 is 1.60 bits per heavy atom. The molecule has 0 saturated carbocycles. The molecule has 2 N–H and O–H groups in total. The predicted octanol–water partition coefficient (Wildman–Crippen LogP) is 3.77. The fraction of sp³-hybridized carbons (Fsp3) is 0.333. The molecule has 1 aliphatic heterocycles. The van der Waals surface area contributed by atoms with Crippen molar-refractivity contribution in [2.45, 2.75) is 12.8 Å². The van der Waals surface area contributed by atoms with Gasteiger partial charge >= 0.3 is 0 Å². The molecule has 0 radical (unpaired) electrons. The minimum Gasteiger partial charge on any atom is -0.384 e. The van der Waals surface area contributed by atoms with Gasteiger partial charge in [0.15, 0.2) is 0 Å². The summed E-state index contributed by atoms with van der Waals surface area (Å²) in [7, 11) is 0. The van der Waals surface area contributed by atoms with E-state index in [1.807, 2.05) is 0 Å². The van der Waals surface area contributed by atoms with Crippen LogP contribution < -0.4 is 10.6 Å². The highest BCUT2D eigenvalue weighted by atomic mass is 14.9. The molecule has 20 heavy (non-hydrogen) atoms. The van der Waals surface area contributed by atoms with Crippen LogP contribution in [0.15, 0.2) is 54.6 Å². The second-order valence-electron chi connectivity index (χ2n) is 5.49. The minimum absolute atomic E-state index is 0.792. The van der Waals surface area contributed by atoms with Crippen molar-refractivity contribution in [3.05, 3.63) is 54.6 Å². The van der Waals surface area contributed by atoms with Crippen LogP contribution in [0.5, 0.6) is 0 Å². The number of piperidine rings is 1. The van der Waals surface area contributed by atoms with Crippen molar-refractivity contribution in [2.24, 2.45) is 5.92 Å². The summed E-state index contributed by atoms with van der Waals surface area (Å²) in [6, 6.07) is 19.2. The summed E-state index contributed by atoms with van der Waals surface area (Å²) in [5.74, 6) is 0.792. The molecule has 2 aromatic rings. The van der Waals surface area contributed by atoms with E-state index in [0.717, 1.165) is 25.6 Å². The van der Waals surface area contributed by atoms with Crippen molar-refractivity contribution >= 4 is 5.69 Å². The molecule has 1 heterocycles. The van der Waals surface area contributed by atoms with Crippen molar-refractivity contribution in [1.29, 1.82) is 0 Å². The number of benzene rings is 2. The molecule has 1 aliphatic rings. The topological polar surface area (TPSA) is 24.1 Å². The van der Waals surface area contributed by atoms with E-state index >= 15 is 0 Å². The van der Waals surface area contributed by atoms with Crippen LogP contribution >= 0.6 is 0 Å². The maximum Gasteiger partial charge on any atom is 0.0419 e. The Morgan fingerprint density at radius 3 is 2.40 bits per heavy atom. The summed E-state index contributed by atoms with van der Waals surface area (Å²) in [5.41, 5.74) is 3.82. The van der Waals surface area contributed by atoms with Gasteiger partial charge in [0, 0.05) is 17.8 Å². The van der Waals surface area contributed by atoms with Gasteiger partial charge in [0.05, 0.1) is 0 Å². The van der Waals surface area contributed by atoms with Crippen LogP contribution in [-0.4, -0.2) is 19.6 Å². The smallest absolute Gasteiger partial charge is 0.0419 e. The van der Waals surface area contributed by atoms with Gasteiger partial charge in [-0.2, -0.15) is 0 Å². The first-order valence-corrected chi connectivity index (χ1v) is 7.52. The summed E-state index contributed by atoms with van der Waals surface area (Å²) < 4.78 is 0. The van der Waals surface area contributed by atoms with E-state index in [2.05, 4.69) is 65.2 Å². The molecular weight excluding hydrogens is 244 g/mol. The molecule has 0 bridgehead atoms. The molecule has 0 aromatic heterocycles. The average Bonchev–Trinajstić information content (AvgIpc) is 2.55. The molecule has 0 unspecified atom stereocenters. The van der Waals surface area contributed by atoms with Crippen LogP contribution in [0.2, 0.25) is 0 Å². The van der Waals surface area contributed by atoms with Crippen LogP contribution in [0.1, 0.15) is 12.8 Å². The van der Waals surface area contributed by atoms with Crippen molar-refractivity contribution < 1.29 is 0 Å². The SMILES string of the molecule is c1ccc(-c2ccccc2NCC2CCNCC2)cc1. The first-order valence-electron chi connectivity index (χ1n) is 7.52. The highest BCUT2D eigenvalue weighted by Gasteiger charge is 2.13. The second-order valence-corrected chi connectivity index (χ2v) is 5.49. The third kappa shape index (κ3) is 3.20. The normalized spacial score (nSPS) is 16.0. The number of hydrogen-bond acceptors (Lipinski definition) is 2. The Kier molecular flexibility index (Phi) is 4.34. The number of nitrogens with one attached hydrogen (secondary N) is 2. The molecule has 1 saturated heterocycles. The first-order chi connectivity index (χ1) is 9.93. The molecule has 0 atom stereocenters. The van der Waals surface area contributed by atoms with Crippen molar-refractivity contribution in [3.63, 3.8) is 0 Å². The lowest BCUT2D eigenvalue weighted by molar-refractivity contribution is 0.390. The summed E-state index contributed by atoms with van der Waals surface area (Å²) in [4.78, 5) is 0. The standard InChI is InChI=1S/C18H22N2/c1-2-6-16(7-3-1)17-8-4-5-9-18(17)20-14-15-10-12-19-13-11-15/h1-9,15,19-20H,10-14H2. The van der Waals surface area contributed by atoms with E-state index in [1.54, 1.807) is 0 Å². The summed E-state index contributed by atoms with van der Waals surface area (Å²) >= 11 is 0. The Balaban J connectivity index is 1.73. The molecular formula is C18H22N2. The van der Waals surface area contributed by atoms with Crippen molar-refractivity contribution in [3.8, 4) is 11.1 Å². The van der Waals surface area contributed by atoms with E-state index < -0.39 is 0 Å². The van der Waals surface area contributed by atoms with Crippen molar-refractivity contribution in [2.75, 3.05) is 25.0 Å². The third-order valence-corrected chi connectivity index (χ3v) is 4.05. The Labute approximate surface area is 121 Å². The maximum atomic E-state index is 3.65. The zero-order valence-electron chi connectivity index (χ0n) is 11.8. The highest BCUT2D eigenvalue weighted by Crippen LogP contribution is 2.28. The van der Waals surface area contributed by atoms with E-state index in [4.69, 9.17) is 0 Å². The van der Waals surface area contributed by atoms with Gasteiger partial charge in [0.1, 0.15) is 0 Å². The van der Waals surface area contributed by atoms with Crippen LogP contribution in [0.4, 0.5) is 5.69 Å². The van der Waals surface area contributed by atoms with Crippen LogP contribution in [0.25, 0.3) is 11.1 Å². The fourth-order valence-corrected chi connectivity index (χ4v) is 2.85. The molecule has 0 aliphatic carbocycles. The van der Waals surface area contributed by atoms with Crippen LogP contribution in [0, 0.1) is 5.92 Å². The monoisotopic (exact) mass is 266 g/mol. The maximum absolute atomic E-state index is 3.65. The van der Waals surface area contributed by atoms with Gasteiger partial charge in [0.25, 0.3) is 0 Å². The van der Waals surface area contributed by atoms with E-state index in [-0.39, 0.29) is 0 Å². The Morgan fingerprint density at radius 1 is 0.900 bits per heavy atom. The molecule has 0 amide bonds. The average molecular weight is 266 g/mol. The molecule has 2 heteroatoms. The van der Waals surface area contributed by atoms with Gasteiger partial charge in [-0.05, 0) is 43.5 Å². The van der Waals surface area contributed by atoms with Gasteiger partial charge < -0.3 is 10.6 Å². The van der Waals surface area contributed by atoms with Gasteiger partial charge in [-0.25, -0.2) is 0 Å². The lowest BCUT2D eigenvalue weighted by atomic mass is 9.97. The molecule has 3 rings (SSSR count). The molecule has 0 spiro atoms. The van der Waals surface area contributed by atoms with Crippen LogP contribution in [0.3, 0.4) is 0 Å². The number of rotatable bonds is 4. The van der Waals surface area contributed by atoms with Crippen molar-refractivity contribution in [1.82, 2.24) is 5.32 Å². The fourth-order valence-electron chi connectivity index (χ4n) is 2.85. The molecule has 1 fully saturated rings. The van der Waals surface area contributed by atoms with Crippen LogP contribution in [-0.2, 0) is 0 Å². The van der Waals surface area contributed by atoms with Gasteiger partial charge in [0.2, 0.25) is 0 Å². The summed E-state index contributed by atoms with van der Waals surface area (Å²) in [6.45, 7) is 3.39. The number of para-hydroxylation sites is 1. The van der Waals surface area contributed by atoms with E-state index in [1.165, 1.54) is 29.7 Å². The molecule has 2 aromatic carbocycles. The molecule has 104 valence electrons. The lowest BCUT2D eigenvalue weighted by Crippen LogP contribution is -2.31. The van der Waals surface area contributed by atoms with Gasteiger partial charge in [-0.15, -0.1) is 0 Å². The second kappa shape index (κ2) is 6.58. The van der Waals surface area contributed by atoms with Gasteiger partial charge in [-0.3, -0.25) is 0 Å². The third-order valence-electron chi connectivity index (χ3n) is 4.05. The summed E-state index contributed by atoms with van der Waals surface area (Å²) in [6.07, 6.45) is 2.56. The predicted molar refractivity (Wildman–Crippen MR) is 86.0 cm³/mol. The highest BCUT2D eigenvalue weighted by molar-refractivity contribution is 5.77.